The summed E-state index contributed by atoms with van der Waals surface area (Å²) in [6.45, 7) is 0.948. The summed E-state index contributed by atoms with van der Waals surface area (Å²) < 4.78 is 27.6. The predicted octanol–water partition coefficient (Wildman–Crippen LogP) is 0.397. The number of hydrogen-bond donors (Lipinski definition) is 2. The Morgan fingerprint density at radius 3 is 2.48 bits per heavy atom. The van der Waals surface area contributed by atoms with Crippen molar-refractivity contribution < 1.29 is 18.0 Å². The first-order valence-electron chi connectivity index (χ1n) is 9.07. The largest absolute Gasteiger partial charge is 0.354 e. The highest BCUT2D eigenvalue weighted by Crippen LogP contribution is 2.25. The van der Waals surface area contributed by atoms with Crippen molar-refractivity contribution in [1.82, 2.24) is 14.5 Å². The van der Waals surface area contributed by atoms with Crippen LogP contribution in [0.4, 0.5) is 0 Å². The van der Waals surface area contributed by atoms with Gasteiger partial charge in [0.05, 0.1) is 4.90 Å². The standard InChI is InChI=1S/C18H28N4O4S/c1-21(2)18(24)14-6-8-16(9-7-14)27(25,26)22-12-4-3-5-15(22)13-20-17(23)10-11-19/h6-9,15H,3-5,10-13,19H2,1-2H3,(H,20,23). The second-order valence-electron chi connectivity index (χ2n) is 6.83. The minimum Gasteiger partial charge on any atom is -0.354 e. The molecule has 3 N–H and O–H groups in total. The molecule has 0 spiro atoms. The van der Waals surface area contributed by atoms with Crippen molar-refractivity contribution in [2.24, 2.45) is 5.73 Å². The van der Waals surface area contributed by atoms with E-state index in [1.54, 1.807) is 14.1 Å². The van der Waals surface area contributed by atoms with Gasteiger partial charge in [0.15, 0.2) is 0 Å². The van der Waals surface area contributed by atoms with Crippen molar-refractivity contribution >= 4 is 21.8 Å². The molecular weight excluding hydrogens is 368 g/mol. The van der Waals surface area contributed by atoms with E-state index in [2.05, 4.69) is 5.32 Å². The number of benzene rings is 1. The highest BCUT2D eigenvalue weighted by Gasteiger charge is 2.33. The van der Waals surface area contributed by atoms with Crippen molar-refractivity contribution in [3.05, 3.63) is 29.8 Å². The smallest absolute Gasteiger partial charge is 0.253 e. The number of sulfonamides is 1. The summed E-state index contributed by atoms with van der Waals surface area (Å²) in [6, 6.07) is 5.69. The lowest BCUT2D eigenvalue weighted by atomic mass is 10.1. The van der Waals surface area contributed by atoms with Gasteiger partial charge in [0, 0.05) is 51.8 Å². The molecule has 1 unspecified atom stereocenters. The monoisotopic (exact) mass is 396 g/mol. The maximum absolute atomic E-state index is 13.1. The highest BCUT2D eigenvalue weighted by atomic mass is 32.2. The molecule has 1 saturated heterocycles. The molecule has 1 fully saturated rings. The van der Waals surface area contributed by atoms with Gasteiger partial charge in [-0.05, 0) is 37.1 Å². The Labute approximate surface area is 160 Å². The number of rotatable bonds is 7. The topological polar surface area (TPSA) is 113 Å². The molecule has 27 heavy (non-hydrogen) atoms. The second kappa shape index (κ2) is 9.29. The molecule has 0 aliphatic carbocycles. The minimum absolute atomic E-state index is 0.151. The molecule has 0 saturated carbocycles. The lowest BCUT2D eigenvalue weighted by Gasteiger charge is -2.34. The van der Waals surface area contributed by atoms with Gasteiger partial charge in [0.2, 0.25) is 15.9 Å². The van der Waals surface area contributed by atoms with Crippen molar-refractivity contribution in [3.63, 3.8) is 0 Å². The summed E-state index contributed by atoms with van der Waals surface area (Å²) in [5.41, 5.74) is 5.80. The fourth-order valence-corrected chi connectivity index (χ4v) is 4.80. The van der Waals surface area contributed by atoms with Gasteiger partial charge in [0.1, 0.15) is 0 Å². The molecule has 1 atom stereocenters. The van der Waals surface area contributed by atoms with E-state index in [4.69, 9.17) is 5.73 Å². The fourth-order valence-electron chi connectivity index (χ4n) is 3.11. The van der Waals surface area contributed by atoms with Gasteiger partial charge >= 0.3 is 0 Å². The second-order valence-corrected chi connectivity index (χ2v) is 8.72. The van der Waals surface area contributed by atoms with E-state index in [1.807, 2.05) is 0 Å². The molecule has 0 bridgehead atoms. The van der Waals surface area contributed by atoms with Gasteiger partial charge in [-0.3, -0.25) is 9.59 Å². The van der Waals surface area contributed by atoms with Crippen LogP contribution in [-0.4, -0.2) is 69.2 Å². The van der Waals surface area contributed by atoms with Crippen LogP contribution >= 0.6 is 0 Å². The van der Waals surface area contributed by atoms with E-state index in [0.717, 1.165) is 12.8 Å². The molecule has 2 rings (SSSR count). The van der Waals surface area contributed by atoms with Crippen LogP contribution in [0.2, 0.25) is 0 Å². The quantitative estimate of drug-likeness (QED) is 0.693. The number of nitrogens with zero attached hydrogens (tertiary/aromatic N) is 2. The van der Waals surface area contributed by atoms with Crippen LogP contribution in [0.5, 0.6) is 0 Å². The van der Waals surface area contributed by atoms with E-state index < -0.39 is 10.0 Å². The third-order valence-electron chi connectivity index (χ3n) is 4.59. The lowest BCUT2D eigenvalue weighted by molar-refractivity contribution is -0.121. The molecule has 150 valence electrons. The highest BCUT2D eigenvalue weighted by molar-refractivity contribution is 7.89. The SMILES string of the molecule is CN(C)C(=O)c1ccc(S(=O)(=O)N2CCCCC2CNC(=O)CCN)cc1. The Balaban J connectivity index is 2.16. The van der Waals surface area contributed by atoms with Gasteiger partial charge in [-0.1, -0.05) is 6.42 Å². The Kier molecular flexibility index (Phi) is 7.34. The van der Waals surface area contributed by atoms with Crippen LogP contribution < -0.4 is 11.1 Å². The fraction of sp³-hybridized carbons (Fsp3) is 0.556. The van der Waals surface area contributed by atoms with Gasteiger partial charge in [-0.25, -0.2) is 8.42 Å². The summed E-state index contributed by atoms with van der Waals surface area (Å²) in [6.07, 6.45) is 2.61. The van der Waals surface area contributed by atoms with Gasteiger partial charge in [0.25, 0.3) is 5.91 Å². The van der Waals surface area contributed by atoms with Crippen molar-refractivity contribution in [2.45, 2.75) is 36.6 Å². The number of piperidine rings is 1. The molecule has 0 aromatic heterocycles. The molecule has 9 heteroatoms. The third kappa shape index (κ3) is 5.27. The Bertz CT molecular complexity index is 762. The van der Waals surface area contributed by atoms with E-state index in [-0.39, 0.29) is 42.3 Å². The average molecular weight is 397 g/mol. The van der Waals surface area contributed by atoms with Gasteiger partial charge in [-0.15, -0.1) is 0 Å². The number of amides is 2. The molecule has 1 aliphatic heterocycles. The summed E-state index contributed by atoms with van der Waals surface area (Å²) in [7, 11) is -0.415. The first-order chi connectivity index (χ1) is 12.8. The summed E-state index contributed by atoms with van der Waals surface area (Å²) in [4.78, 5) is 25.2. The summed E-state index contributed by atoms with van der Waals surface area (Å²) in [5, 5.41) is 2.77. The summed E-state index contributed by atoms with van der Waals surface area (Å²) in [5.74, 6) is -0.357. The van der Waals surface area contributed by atoms with Crippen molar-refractivity contribution in [1.29, 1.82) is 0 Å². The van der Waals surface area contributed by atoms with E-state index in [1.165, 1.54) is 33.5 Å². The maximum Gasteiger partial charge on any atom is 0.253 e. The maximum atomic E-state index is 13.1. The number of nitrogens with one attached hydrogen (secondary N) is 1. The molecule has 1 aromatic carbocycles. The number of hydrogen-bond acceptors (Lipinski definition) is 5. The summed E-state index contributed by atoms with van der Waals surface area (Å²) >= 11 is 0. The Morgan fingerprint density at radius 1 is 1.22 bits per heavy atom. The lowest BCUT2D eigenvalue weighted by Crippen LogP contribution is -2.49. The number of carbonyl (C=O) groups is 2. The number of carbonyl (C=O) groups excluding carboxylic acids is 2. The first-order valence-corrected chi connectivity index (χ1v) is 10.5. The predicted molar refractivity (Wildman–Crippen MR) is 103 cm³/mol. The normalized spacial score (nSPS) is 18.1. The van der Waals surface area contributed by atoms with Crippen LogP contribution in [0.1, 0.15) is 36.0 Å². The average Bonchev–Trinajstić information content (AvgIpc) is 2.66. The van der Waals surface area contributed by atoms with Crippen LogP contribution in [0.15, 0.2) is 29.2 Å². The molecule has 8 nitrogen and oxygen atoms in total. The van der Waals surface area contributed by atoms with Gasteiger partial charge in [-0.2, -0.15) is 4.31 Å². The van der Waals surface area contributed by atoms with Crippen LogP contribution in [0.3, 0.4) is 0 Å². The van der Waals surface area contributed by atoms with Gasteiger partial charge < -0.3 is 16.0 Å². The van der Waals surface area contributed by atoms with E-state index in [9.17, 15) is 18.0 Å². The van der Waals surface area contributed by atoms with E-state index >= 15 is 0 Å². The Morgan fingerprint density at radius 2 is 1.89 bits per heavy atom. The molecule has 0 radical (unpaired) electrons. The van der Waals surface area contributed by atoms with Crippen LogP contribution in [0.25, 0.3) is 0 Å². The molecule has 1 heterocycles. The first kappa shape index (κ1) is 21.3. The molecule has 1 aliphatic rings. The van der Waals surface area contributed by atoms with Crippen LogP contribution in [-0.2, 0) is 14.8 Å². The molecular formula is C18H28N4O4S. The van der Waals surface area contributed by atoms with Crippen LogP contribution in [0, 0.1) is 0 Å². The van der Waals surface area contributed by atoms with Crippen molar-refractivity contribution in [2.75, 3.05) is 33.7 Å². The minimum atomic E-state index is -3.70. The number of nitrogens with two attached hydrogens (primary N) is 1. The van der Waals surface area contributed by atoms with E-state index in [0.29, 0.717) is 18.5 Å². The zero-order valence-corrected chi connectivity index (χ0v) is 16.7. The molecule has 2 amide bonds. The zero-order valence-electron chi connectivity index (χ0n) is 15.8. The van der Waals surface area contributed by atoms with Crippen molar-refractivity contribution in [3.8, 4) is 0 Å². The zero-order chi connectivity index (χ0) is 20.0. The third-order valence-corrected chi connectivity index (χ3v) is 6.56. The Hall–Kier alpha value is -1.97. The molecule has 1 aromatic rings.